The van der Waals surface area contributed by atoms with Crippen LogP contribution in [0.5, 0.6) is 11.5 Å². The van der Waals surface area contributed by atoms with E-state index < -0.39 is 6.17 Å². The van der Waals surface area contributed by atoms with E-state index in [0.29, 0.717) is 29.0 Å². The van der Waals surface area contributed by atoms with Crippen molar-refractivity contribution in [3.8, 4) is 11.5 Å². The van der Waals surface area contributed by atoms with E-state index in [0.717, 1.165) is 31.9 Å². The zero-order valence-electron chi connectivity index (χ0n) is 19.2. The molecule has 1 N–H and O–H groups in total. The molecule has 9 heteroatoms. The zero-order valence-corrected chi connectivity index (χ0v) is 21.6. The second-order valence-corrected chi connectivity index (χ2v) is 9.92. The zero-order chi connectivity index (χ0) is 24.4. The molecule has 1 unspecified atom stereocenters. The number of rotatable bonds is 6. The van der Waals surface area contributed by atoms with E-state index in [1.165, 1.54) is 11.8 Å². The third-order valence-electron chi connectivity index (χ3n) is 5.57. The van der Waals surface area contributed by atoms with Crippen LogP contribution in [0.2, 0.25) is 0 Å². The number of amidine groups is 1. The highest BCUT2D eigenvalue weighted by Gasteiger charge is 2.35. The fraction of sp³-hybridized carbons (Fsp3) is 0.192. The number of hydrogen-bond donors (Lipinski definition) is 1. The minimum Gasteiger partial charge on any atom is -0.493 e. The van der Waals surface area contributed by atoms with Crippen LogP contribution in [0, 0.1) is 0 Å². The Kier molecular flexibility index (Phi) is 6.79. The first kappa shape index (κ1) is 23.4. The Morgan fingerprint density at radius 3 is 2.66 bits per heavy atom. The number of methoxy groups -OCH3 is 1. The highest BCUT2D eigenvalue weighted by molar-refractivity contribution is 9.10. The molecule has 1 amide bonds. The number of hydrogen-bond acceptors (Lipinski definition) is 7. The summed E-state index contributed by atoms with van der Waals surface area (Å²) in [4.78, 5) is 18.1. The van der Waals surface area contributed by atoms with Gasteiger partial charge in [0, 0.05) is 10.8 Å². The van der Waals surface area contributed by atoms with Crippen molar-refractivity contribution < 1.29 is 14.3 Å². The minimum atomic E-state index is -0.549. The van der Waals surface area contributed by atoms with Crippen molar-refractivity contribution in [1.29, 1.82) is 0 Å². The van der Waals surface area contributed by atoms with Crippen molar-refractivity contribution >= 4 is 44.5 Å². The van der Waals surface area contributed by atoms with E-state index in [-0.39, 0.29) is 5.91 Å². The molecule has 0 fully saturated rings. The van der Waals surface area contributed by atoms with Gasteiger partial charge in [-0.25, -0.2) is 5.01 Å². The van der Waals surface area contributed by atoms with Crippen molar-refractivity contribution in [1.82, 2.24) is 10.3 Å². The maximum Gasteiger partial charge on any atom is 0.276 e. The molecule has 0 aromatic heterocycles. The average Bonchev–Trinajstić information content (AvgIpc) is 2.87. The lowest BCUT2D eigenvalue weighted by Gasteiger charge is -2.34. The lowest BCUT2D eigenvalue weighted by atomic mass is 10.1. The van der Waals surface area contributed by atoms with E-state index in [9.17, 15) is 4.79 Å². The SMILES string of the molecule is CCSC1=NN2C(=c3ccccc3=NC2c2cc(Br)c(OCc3ccccc3)c(OC)c2)C(=O)N1. The van der Waals surface area contributed by atoms with Crippen molar-refractivity contribution in [3.63, 3.8) is 0 Å². The summed E-state index contributed by atoms with van der Waals surface area (Å²) >= 11 is 5.13. The van der Waals surface area contributed by atoms with Gasteiger partial charge in [-0.15, -0.1) is 5.10 Å². The Bertz CT molecular complexity index is 1430. The van der Waals surface area contributed by atoms with E-state index in [1.807, 2.05) is 73.7 Å². The molecule has 7 nitrogen and oxygen atoms in total. The number of halogens is 1. The van der Waals surface area contributed by atoms with Gasteiger partial charge in [0.05, 0.1) is 16.9 Å². The first-order valence-electron chi connectivity index (χ1n) is 11.1. The Morgan fingerprint density at radius 2 is 1.89 bits per heavy atom. The second-order valence-electron chi connectivity index (χ2n) is 7.81. The van der Waals surface area contributed by atoms with Gasteiger partial charge in [0.1, 0.15) is 12.3 Å². The normalized spacial score (nSPS) is 16.5. The number of ether oxygens (including phenoxy) is 2. The van der Waals surface area contributed by atoms with Gasteiger partial charge in [0.15, 0.2) is 22.8 Å². The molecular weight excluding hydrogens is 528 g/mol. The molecule has 0 radical (unpaired) electrons. The summed E-state index contributed by atoms with van der Waals surface area (Å²) in [6.07, 6.45) is -0.549. The molecule has 0 aliphatic carbocycles. The van der Waals surface area contributed by atoms with Gasteiger partial charge in [-0.3, -0.25) is 15.1 Å². The smallest absolute Gasteiger partial charge is 0.276 e. The average molecular weight is 551 g/mol. The Labute approximate surface area is 215 Å². The lowest BCUT2D eigenvalue weighted by Crippen LogP contribution is -2.50. The Balaban J connectivity index is 1.58. The summed E-state index contributed by atoms with van der Waals surface area (Å²) in [5.74, 6) is 1.75. The number of para-hydroxylation sites is 1. The van der Waals surface area contributed by atoms with Gasteiger partial charge in [-0.1, -0.05) is 67.2 Å². The maximum atomic E-state index is 13.1. The number of nitrogens with one attached hydrogen (secondary N) is 1. The quantitative estimate of drug-likeness (QED) is 0.503. The van der Waals surface area contributed by atoms with Gasteiger partial charge in [0.25, 0.3) is 5.91 Å². The van der Waals surface area contributed by atoms with Crippen molar-refractivity contribution in [2.24, 2.45) is 10.1 Å². The van der Waals surface area contributed by atoms with Crippen LogP contribution in [0.1, 0.15) is 24.2 Å². The molecule has 0 bridgehead atoms. The summed E-state index contributed by atoms with van der Waals surface area (Å²) in [7, 11) is 1.61. The predicted molar refractivity (Wildman–Crippen MR) is 140 cm³/mol. The molecule has 1 atom stereocenters. The Hall–Kier alpha value is -3.30. The van der Waals surface area contributed by atoms with Gasteiger partial charge in [0.2, 0.25) is 0 Å². The van der Waals surface area contributed by atoms with Crippen LogP contribution in [-0.2, 0) is 11.4 Å². The number of hydrazone groups is 1. The van der Waals surface area contributed by atoms with Crippen molar-refractivity contribution in [3.05, 3.63) is 92.9 Å². The molecule has 3 aromatic carbocycles. The predicted octanol–water partition coefficient (Wildman–Crippen LogP) is 3.93. The van der Waals surface area contributed by atoms with Crippen LogP contribution in [0.15, 0.2) is 81.3 Å². The Morgan fingerprint density at radius 1 is 1.11 bits per heavy atom. The topological polar surface area (TPSA) is 75.5 Å². The first-order valence-corrected chi connectivity index (χ1v) is 12.9. The highest BCUT2D eigenvalue weighted by atomic mass is 79.9. The molecule has 5 rings (SSSR count). The fourth-order valence-electron chi connectivity index (χ4n) is 4.00. The van der Waals surface area contributed by atoms with Gasteiger partial charge in [-0.2, -0.15) is 0 Å². The molecule has 178 valence electrons. The summed E-state index contributed by atoms with van der Waals surface area (Å²) in [5.41, 5.74) is 2.34. The molecule has 2 aliphatic rings. The van der Waals surface area contributed by atoms with Crippen LogP contribution in [0.3, 0.4) is 0 Å². The molecular formula is C26H23BrN4O3S. The summed E-state index contributed by atoms with van der Waals surface area (Å²) < 4.78 is 12.5. The largest absolute Gasteiger partial charge is 0.493 e. The van der Waals surface area contributed by atoms with Crippen LogP contribution in [0.4, 0.5) is 0 Å². The minimum absolute atomic E-state index is 0.197. The second kappa shape index (κ2) is 10.1. The summed E-state index contributed by atoms with van der Waals surface area (Å²) in [6.45, 7) is 2.42. The van der Waals surface area contributed by atoms with Gasteiger partial charge >= 0.3 is 0 Å². The van der Waals surface area contributed by atoms with E-state index in [1.54, 1.807) is 12.1 Å². The summed E-state index contributed by atoms with van der Waals surface area (Å²) in [6, 6.07) is 21.4. The van der Waals surface area contributed by atoms with E-state index in [2.05, 4.69) is 21.2 Å². The van der Waals surface area contributed by atoms with Crippen LogP contribution < -0.4 is 25.4 Å². The standard InChI is InChI=1S/C26H23BrN4O3S/c1-3-35-26-29-25(32)22-18-11-7-8-12-20(18)28-24(31(22)30-26)17-13-19(27)23(21(14-17)33-2)34-15-16-9-5-4-6-10-16/h4-14,24H,3,15H2,1-2H3,(H,29,30,32). The first-order chi connectivity index (χ1) is 17.1. The highest BCUT2D eigenvalue weighted by Crippen LogP contribution is 2.41. The fourth-order valence-corrected chi connectivity index (χ4v) is 5.16. The molecule has 35 heavy (non-hydrogen) atoms. The molecule has 2 aliphatic heterocycles. The number of amides is 1. The monoisotopic (exact) mass is 550 g/mol. The molecule has 0 saturated carbocycles. The number of benzene rings is 3. The molecule has 2 heterocycles. The van der Waals surface area contributed by atoms with Gasteiger partial charge in [-0.05, 0) is 45.4 Å². The van der Waals surface area contributed by atoms with Gasteiger partial charge < -0.3 is 9.47 Å². The lowest BCUT2D eigenvalue weighted by molar-refractivity contribution is -0.116. The molecule has 3 aromatic rings. The summed E-state index contributed by atoms with van der Waals surface area (Å²) in [5, 5.41) is 11.4. The van der Waals surface area contributed by atoms with Crippen LogP contribution in [0.25, 0.3) is 5.70 Å². The number of carbonyl (C=O) groups excluding carboxylic acids is 1. The van der Waals surface area contributed by atoms with Crippen LogP contribution >= 0.6 is 27.7 Å². The molecule has 0 spiro atoms. The number of fused-ring (bicyclic) bond motifs is 2. The maximum absolute atomic E-state index is 13.1. The van der Waals surface area contributed by atoms with E-state index in [4.69, 9.17) is 19.6 Å². The third-order valence-corrected chi connectivity index (χ3v) is 6.91. The van der Waals surface area contributed by atoms with E-state index >= 15 is 0 Å². The number of nitrogens with zero attached hydrogens (tertiary/aromatic N) is 3. The van der Waals surface area contributed by atoms with Crippen molar-refractivity contribution in [2.45, 2.75) is 19.7 Å². The van der Waals surface area contributed by atoms with Crippen molar-refractivity contribution in [2.75, 3.05) is 12.9 Å². The number of carbonyl (C=O) groups is 1. The van der Waals surface area contributed by atoms with Crippen LogP contribution in [-0.4, -0.2) is 28.9 Å². The number of thioether (sulfide) groups is 1. The third kappa shape index (κ3) is 4.66. The molecule has 0 saturated heterocycles.